The summed E-state index contributed by atoms with van der Waals surface area (Å²) in [6.45, 7) is 0. The maximum atomic E-state index is 12.0. The summed E-state index contributed by atoms with van der Waals surface area (Å²) in [4.78, 5) is 27.8. The molecule has 5 rings (SSSR count). The Morgan fingerprint density at radius 3 is 2.84 bits per heavy atom. The molecule has 8 heteroatoms. The number of H-pyrrole nitrogens is 1. The number of aliphatic imine (C=N–C) groups is 1. The molecule has 1 aliphatic heterocycles. The highest BCUT2D eigenvalue weighted by molar-refractivity contribution is 6.01. The lowest BCUT2D eigenvalue weighted by Gasteiger charge is -2.04. The third kappa shape index (κ3) is 3.59. The molecule has 0 saturated carbocycles. The lowest BCUT2D eigenvalue weighted by Crippen LogP contribution is -2.30. The predicted octanol–water partition coefficient (Wildman–Crippen LogP) is 3.72. The van der Waals surface area contributed by atoms with Crippen LogP contribution in [0.5, 0.6) is 0 Å². The van der Waals surface area contributed by atoms with Crippen LogP contribution >= 0.6 is 0 Å². The van der Waals surface area contributed by atoms with Crippen molar-refractivity contribution in [3.8, 4) is 11.3 Å². The molecule has 0 radical (unpaired) electrons. The Morgan fingerprint density at radius 2 is 2.00 bits per heavy atom. The van der Waals surface area contributed by atoms with Gasteiger partial charge in [-0.05, 0) is 42.0 Å². The molecule has 8 nitrogen and oxygen atoms in total. The number of fused-ring (bicyclic) bond motifs is 2. The van der Waals surface area contributed by atoms with Gasteiger partial charge in [0.2, 0.25) is 0 Å². The summed E-state index contributed by atoms with van der Waals surface area (Å²) in [6.07, 6.45) is 0.434. The Kier molecular flexibility index (Phi) is 4.59. The zero-order valence-electron chi connectivity index (χ0n) is 16.6. The number of methoxy groups -OCH3 is 1. The normalized spacial score (nSPS) is 12.5. The van der Waals surface area contributed by atoms with Crippen molar-refractivity contribution >= 4 is 28.4 Å². The number of furan rings is 1. The molecular weight excluding hydrogens is 396 g/mol. The van der Waals surface area contributed by atoms with E-state index < -0.39 is 6.09 Å². The van der Waals surface area contributed by atoms with Crippen LogP contribution in [0.2, 0.25) is 0 Å². The first-order valence-corrected chi connectivity index (χ1v) is 9.71. The molecule has 3 heterocycles. The monoisotopic (exact) mass is 414 g/mol. The van der Waals surface area contributed by atoms with E-state index in [-0.39, 0.29) is 5.56 Å². The number of rotatable bonds is 3. The van der Waals surface area contributed by atoms with Crippen LogP contribution < -0.4 is 10.9 Å². The molecule has 2 aromatic carbocycles. The number of hydrogen-bond acceptors (Lipinski definition) is 6. The predicted molar refractivity (Wildman–Crippen MR) is 116 cm³/mol. The molecule has 0 unspecified atom stereocenters. The Hall–Kier alpha value is -4.20. The summed E-state index contributed by atoms with van der Waals surface area (Å²) in [7, 11) is 1.32. The van der Waals surface area contributed by atoms with Gasteiger partial charge in [-0.1, -0.05) is 18.2 Å². The third-order valence-corrected chi connectivity index (χ3v) is 5.19. The average molecular weight is 414 g/mol. The quantitative estimate of drug-likeness (QED) is 0.531. The number of amidine groups is 1. The number of hydrogen-bond donors (Lipinski definition) is 2. The van der Waals surface area contributed by atoms with Crippen LogP contribution in [0.3, 0.4) is 0 Å². The van der Waals surface area contributed by atoms with Gasteiger partial charge in [0, 0.05) is 17.4 Å². The van der Waals surface area contributed by atoms with Gasteiger partial charge in [-0.15, -0.1) is 0 Å². The molecule has 0 spiro atoms. The SMILES string of the molecule is COC(=O)NC1=Nc2ccc(-c3ccc(Cc4n[nH]c(=O)c5ccccc45)o3)cc2C1. The van der Waals surface area contributed by atoms with Gasteiger partial charge in [-0.25, -0.2) is 14.9 Å². The molecular formula is C23H18N4O4. The summed E-state index contributed by atoms with van der Waals surface area (Å²) < 4.78 is 10.7. The number of carbonyl (C=O) groups excluding carboxylic acids is 1. The van der Waals surface area contributed by atoms with Crippen molar-refractivity contribution in [2.75, 3.05) is 7.11 Å². The summed E-state index contributed by atoms with van der Waals surface area (Å²) in [5.41, 5.74) is 3.26. The van der Waals surface area contributed by atoms with E-state index in [2.05, 4.69) is 25.2 Å². The molecule has 0 saturated heterocycles. The number of nitrogens with zero attached hydrogens (tertiary/aromatic N) is 2. The molecule has 1 amide bonds. The highest BCUT2D eigenvalue weighted by Gasteiger charge is 2.18. The van der Waals surface area contributed by atoms with E-state index >= 15 is 0 Å². The minimum atomic E-state index is -0.536. The fraction of sp³-hybridized carbons (Fsp3) is 0.130. The van der Waals surface area contributed by atoms with Crippen LogP contribution in [0.4, 0.5) is 10.5 Å². The van der Waals surface area contributed by atoms with Gasteiger partial charge in [-0.3, -0.25) is 10.1 Å². The van der Waals surface area contributed by atoms with Crippen molar-refractivity contribution in [2.24, 2.45) is 4.99 Å². The molecule has 0 fully saturated rings. The van der Waals surface area contributed by atoms with Gasteiger partial charge >= 0.3 is 6.09 Å². The average Bonchev–Trinajstić information content (AvgIpc) is 3.41. The molecule has 0 atom stereocenters. The van der Waals surface area contributed by atoms with E-state index in [1.165, 1.54) is 7.11 Å². The van der Waals surface area contributed by atoms with Gasteiger partial charge in [0.15, 0.2) is 0 Å². The van der Waals surface area contributed by atoms with Crippen molar-refractivity contribution < 1.29 is 13.9 Å². The second-order valence-corrected chi connectivity index (χ2v) is 7.18. The first kappa shape index (κ1) is 18.8. The molecule has 1 aliphatic rings. The van der Waals surface area contributed by atoms with Gasteiger partial charge in [0.1, 0.15) is 17.4 Å². The van der Waals surface area contributed by atoms with E-state index in [0.29, 0.717) is 24.1 Å². The van der Waals surface area contributed by atoms with Crippen LogP contribution in [0.1, 0.15) is 17.0 Å². The van der Waals surface area contributed by atoms with E-state index in [1.807, 2.05) is 48.5 Å². The van der Waals surface area contributed by atoms with Crippen LogP contribution in [0, 0.1) is 0 Å². The second-order valence-electron chi connectivity index (χ2n) is 7.18. The fourth-order valence-corrected chi connectivity index (χ4v) is 3.70. The number of nitrogens with one attached hydrogen (secondary N) is 2. The Balaban J connectivity index is 1.38. The van der Waals surface area contributed by atoms with Crippen molar-refractivity contribution in [3.63, 3.8) is 0 Å². The minimum absolute atomic E-state index is 0.207. The fourth-order valence-electron chi connectivity index (χ4n) is 3.70. The van der Waals surface area contributed by atoms with Crippen LogP contribution in [0.15, 0.2) is 68.8 Å². The summed E-state index contributed by atoms with van der Waals surface area (Å²) in [6, 6.07) is 17.0. The van der Waals surface area contributed by atoms with Gasteiger partial charge < -0.3 is 9.15 Å². The van der Waals surface area contributed by atoms with Crippen molar-refractivity contribution in [1.29, 1.82) is 0 Å². The maximum absolute atomic E-state index is 12.0. The number of ether oxygens (including phenoxy) is 1. The zero-order valence-corrected chi connectivity index (χ0v) is 16.6. The van der Waals surface area contributed by atoms with Crippen molar-refractivity contribution in [1.82, 2.24) is 15.5 Å². The summed E-state index contributed by atoms with van der Waals surface area (Å²) in [5, 5.41) is 10.8. The van der Waals surface area contributed by atoms with Crippen LogP contribution in [0.25, 0.3) is 22.1 Å². The van der Waals surface area contributed by atoms with E-state index in [4.69, 9.17) is 4.42 Å². The lowest BCUT2D eigenvalue weighted by atomic mass is 10.1. The Morgan fingerprint density at radius 1 is 1.16 bits per heavy atom. The maximum Gasteiger partial charge on any atom is 0.412 e. The molecule has 0 aliphatic carbocycles. The number of benzene rings is 2. The number of aromatic nitrogens is 2. The number of alkyl carbamates (subject to hydrolysis) is 1. The highest BCUT2D eigenvalue weighted by atomic mass is 16.5. The molecule has 2 aromatic heterocycles. The smallest absolute Gasteiger partial charge is 0.412 e. The Labute approximate surface area is 176 Å². The first-order valence-electron chi connectivity index (χ1n) is 9.71. The summed E-state index contributed by atoms with van der Waals surface area (Å²) >= 11 is 0. The first-order chi connectivity index (χ1) is 15.1. The number of amides is 1. The lowest BCUT2D eigenvalue weighted by molar-refractivity contribution is 0.176. The van der Waals surface area contributed by atoms with E-state index in [9.17, 15) is 9.59 Å². The zero-order chi connectivity index (χ0) is 21.4. The van der Waals surface area contributed by atoms with Crippen LogP contribution in [-0.2, 0) is 17.6 Å². The van der Waals surface area contributed by atoms with E-state index in [1.54, 1.807) is 6.07 Å². The molecule has 2 N–H and O–H groups in total. The molecule has 154 valence electrons. The van der Waals surface area contributed by atoms with Gasteiger partial charge in [0.25, 0.3) is 5.56 Å². The molecule has 31 heavy (non-hydrogen) atoms. The standard InChI is InChI=1S/C23H18N4O4/c1-30-23(29)25-21-11-14-10-13(6-8-18(14)24-21)20-9-7-15(31-20)12-19-16-4-2-3-5-17(16)22(28)27-26-19/h2-10H,11-12H2,1H3,(H,27,28)(H,24,25,29). The minimum Gasteiger partial charge on any atom is -0.461 e. The van der Waals surface area contributed by atoms with Crippen molar-refractivity contribution in [2.45, 2.75) is 12.8 Å². The number of carbonyl (C=O) groups is 1. The molecule has 0 bridgehead atoms. The largest absolute Gasteiger partial charge is 0.461 e. The second kappa shape index (κ2) is 7.56. The highest BCUT2D eigenvalue weighted by Crippen LogP contribution is 2.32. The van der Waals surface area contributed by atoms with Crippen LogP contribution in [-0.4, -0.2) is 29.2 Å². The van der Waals surface area contributed by atoms with Gasteiger partial charge in [0.05, 0.1) is 30.3 Å². The topological polar surface area (TPSA) is 110 Å². The Bertz CT molecular complexity index is 1400. The third-order valence-electron chi connectivity index (χ3n) is 5.19. The number of aromatic amines is 1. The van der Waals surface area contributed by atoms with E-state index in [0.717, 1.165) is 39.4 Å². The van der Waals surface area contributed by atoms with Crippen molar-refractivity contribution in [3.05, 3.63) is 82.0 Å². The van der Waals surface area contributed by atoms with Gasteiger partial charge in [-0.2, -0.15) is 5.10 Å². The summed E-state index contributed by atoms with van der Waals surface area (Å²) in [5.74, 6) is 2.01. The molecule has 4 aromatic rings.